The standard InChI is InChI=1S/C16H26N2O2S/c1-14(2)18-6-7-19-13-16(12-18)11-17(5-8-20-16)10-15-4-3-9-21-15/h3-4,9,14H,5-8,10-13H2,1-2H3/t16-/m1/s1. The van der Waals surface area contributed by atoms with Crippen LogP contribution in [-0.4, -0.2) is 67.4 Å². The normalized spacial score (nSPS) is 29.1. The summed E-state index contributed by atoms with van der Waals surface area (Å²) in [5.41, 5.74) is -0.156. The van der Waals surface area contributed by atoms with Crippen LogP contribution in [-0.2, 0) is 16.0 Å². The first-order valence-corrected chi connectivity index (χ1v) is 8.75. The van der Waals surface area contributed by atoms with Gasteiger partial charge >= 0.3 is 0 Å². The molecular weight excluding hydrogens is 284 g/mol. The monoisotopic (exact) mass is 310 g/mol. The van der Waals surface area contributed by atoms with E-state index >= 15 is 0 Å². The molecule has 0 radical (unpaired) electrons. The molecule has 3 heterocycles. The Balaban J connectivity index is 1.67. The van der Waals surface area contributed by atoms with E-state index < -0.39 is 0 Å². The van der Waals surface area contributed by atoms with Crippen LogP contribution in [0, 0.1) is 0 Å². The molecule has 1 aromatic rings. The zero-order valence-corrected chi connectivity index (χ0v) is 13.9. The smallest absolute Gasteiger partial charge is 0.117 e. The quantitative estimate of drug-likeness (QED) is 0.853. The second-order valence-corrected chi connectivity index (χ2v) is 7.47. The van der Waals surface area contributed by atoms with Crippen LogP contribution in [0.4, 0.5) is 0 Å². The van der Waals surface area contributed by atoms with E-state index in [4.69, 9.17) is 9.47 Å². The van der Waals surface area contributed by atoms with Gasteiger partial charge in [-0.1, -0.05) is 6.07 Å². The van der Waals surface area contributed by atoms with E-state index in [1.807, 2.05) is 11.3 Å². The SMILES string of the molecule is CC(C)N1CCOC[C@@]2(CN(Cc3cccs3)CCO2)C1. The van der Waals surface area contributed by atoms with Crippen molar-refractivity contribution in [3.05, 3.63) is 22.4 Å². The third-order valence-corrected chi connectivity index (χ3v) is 5.26. The molecule has 3 rings (SSSR count). The molecule has 118 valence electrons. The molecule has 0 aliphatic carbocycles. The summed E-state index contributed by atoms with van der Waals surface area (Å²) in [6.07, 6.45) is 0. The molecule has 2 saturated heterocycles. The van der Waals surface area contributed by atoms with Gasteiger partial charge in [-0.15, -0.1) is 11.3 Å². The zero-order valence-electron chi connectivity index (χ0n) is 13.1. The van der Waals surface area contributed by atoms with E-state index in [0.29, 0.717) is 6.04 Å². The number of nitrogens with zero attached hydrogens (tertiary/aromatic N) is 2. The average molecular weight is 310 g/mol. The van der Waals surface area contributed by atoms with E-state index in [2.05, 4.69) is 41.2 Å². The van der Waals surface area contributed by atoms with Crippen molar-refractivity contribution >= 4 is 11.3 Å². The van der Waals surface area contributed by atoms with Crippen LogP contribution in [0.25, 0.3) is 0 Å². The fraction of sp³-hybridized carbons (Fsp3) is 0.750. The summed E-state index contributed by atoms with van der Waals surface area (Å²) in [6, 6.07) is 4.89. The average Bonchev–Trinajstić information content (AvgIpc) is 2.87. The minimum Gasteiger partial charge on any atom is -0.377 e. The van der Waals surface area contributed by atoms with Gasteiger partial charge in [-0.25, -0.2) is 0 Å². The molecule has 5 heteroatoms. The molecule has 2 fully saturated rings. The molecule has 1 atom stereocenters. The molecule has 1 spiro atoms. The molecule has 0 N–H and O–H groups in total. The van der Waals surface area contributed by atoms with Crippen LogP contribution in [0.1, 0.15) is 18.7 Å². The minimum absolute atomic E-state index is 0.156. The van der Waals surface area contributed by atoms with Crippen molar-refractivity contribution in [1.29, 1.82) is 0 Å². The predicted octanol–water partition coefficient (Wildman–Crippen LogP) is 2.06. The molecular formula is C16H26N2O2S. The Morgan fingerprint density at radius 2 is 2.19 bits per heavy atom. The zero-order chi connectivity index (χ0) is 14.7. The van der Waals surface area contributed by atoms with Crippen molar-refractivity contribution in [3.63, 3.8) is 0 Å². The number of hydrogen-bond acceptors (Lipinski definition) is 5. The lowest BCUT2D eigenvalue weighted by atomic mass is 10.0. The van der Waals surface area contributed by atoms with Crippen molar-refractivity contribution in [2.45, 2.75) is 32.0 Å². The van der Waals surface area contributed by atoms with Gasteiger partial charge in [-0.2, -0.15) is 0 Å². The van der Waals surface area contributed by atoms with Gasteiger partial charge in [-0.3, -0.25) is 9.80 Å². The fourth-order valence-corrected chi connectivity index (χ4v) is 3.99. The summed E-state index contributed by atoms with van der Waals surface area (Å²) < 4.78 is 12.1. The first-order valence-electron chi connectivity index (χ1n) is 7.87. The second kappa shape index (κ2) is 6.75. The van der Waals surface area contributed by atoms with Crippen LogP contribution in [0.5, 0.6) is 0 Å². The molecule has 2 aliphatic heterocycles. The predicted molar refractivity (Wildman–Crippen MR) is 85.8 cm³/mol. The first kappa shape index (κ1) is 15.4. The van der Waals surface area contributed by atoms with E-state index in [1.165, 1.54) is 4.88 Å². The highest BCUT2D eigenvalue weighted by Crippen LogP contribution is 2.25. The van der Waals surface area contributed by atoms with Gasteiger partial charge in [-0.05, 0) is 25.3 Å². The Bertz CT molecular complexity index is 437. The third-order valence-electron chi connectivity index (χ3n) is 4.40. The van der Waals surface area contributed by atoms with Gasteiger partial charge in [0.05, 0.1) is 19.8 Å². The summed E-state index contributed by atoms with van der Waals surface area (Å²) >= 11 is 1.84. The fourth-order valence-electron chi connectivity index (χ4n) is 3.24. The second-order valence-electron chi connectivity index (χ2n) is 6.44. The minimum atomic E-state index is -0.156. The van der Waals surface area contributed by atoms with Gasteiger partial charge in [0.15, 0.2) is 0 Å². The molecule has 0 unspecified atom stereocenters. The Labute approximate surface area is 131 Å². The highest BCUT2D eigenvalue weighted by atomic mass is 32.1. The van der Waals surface area contributed by atoms with Gasteiger partial charge in [0.2, 0.25) is 0 Å². The maximum absolute atomic E-state index is 6.21. The Morgan fingerprint density at radius 3 is 2.95 bits per heavy atom. The largest absolute Gasteiger partial charge is 0.377 e. The van der Waals surface area contributed by atoms with E-state index in [-0.39, 0.29) is 5.60 Å². The number of ether oxygens (including phenoxy) is 2. The van der Waals surface area contributed by atoms with Crippen LogP contribution in [0.15, 0.2) is 17.5 Å². The lowest BCUT2D eigenvalue weighted by Gasteiger charge is -2.44. The van der Waals surface area contributed by atoms with Crippen molar-refractivity contribution < 1.29 is 9.47 Å². The molecule has 0 bridgehead atoms. The van der Waals surface area contributed by atoms with Crippen LogP contribution < -0.4 is 0 Å². The third kappa shape index (κ3) is 3.85. The van der Waals surface area contributed by atoms with Crippen molar-refractivity contribution in [1.82, 2.24) is 9.80 Å². The van der Waals surface area contributed by atoms with E-state index in [9.17, 15) is 0 Å². The lowest BCUT2D eigenvalue weighted by molar-refractivity contribution is -0.144. The van der Waals surface area contributed by atoms with Crippen LogP contribution in [0.2, 0.25) is 0 Å². The lowest BCUT2D eigenvalue weighted by Crippen LogP contribution is -2.59. The van der Waals surface area contributed by atoms with Gasteiger partial charge in [0.1, 0.15) is 5.60 Å². The van der Waals surface area contributed by atoms with Gasteiger partial charge in [0, 0.05) is 43.6 Å². The molecule has 2 aliphatic rings. The van der Waals surface area contributed by atoms with Crippen LogP contribution >= 0.6 is 11.3 Å². The van der Waals surface area contributed by atoms with Gasteiger partial charge < -0.3 is 9.47 Å². The molecule has 0 saturated carbocycles. The number of rotatable bonds is 3. The maximum atomic E-state index is 6.21. The van der Waals surface area contributed by atoms with Crippen molar-refractivity contribution in [3.8, 4) is 0 Å². The maximum Gasteiger partial charge on any atom is 0.117 e. The molecule has 4 nitrogen and oxygen atoms in total. The highest BCUT2D eigenvalue weighted by Gasteiger charge is 2.40. The van der Waals surface area contributed by atoms with E-state index in [0.717, 1.165) is 52.5 Å². The van der Waals surface area contributed by atoms with Crippen LogP contribution in [0.3, 0.4) is 0 Å². The summed E-state index contributed by atoms with van der Waals surface area (Å²) in [5, 5.41) is 2.15. The summed E-state index contributed by atoms with van der Waals surface area (Å²) in [5.74, 6) is 0. The summed E-state index contributed by atoms with van der Waals surface area (Å²) in [7, 11) is 0. The highest BCUT2D eigenvalue weighted by molar-refractivity contribution is 7.09. The number of morpholine rings is 1. The molecule has 0 aromatic carbocycles. The summed E-state index contributed by atoms with van der Waals surface area (Å²) in [4.78, 5) is 6.44. The molecule has 1 aromatic heterocycles. The van der Waals surface area contributed by atoms with E-state index in [1.54, 1.807) is 0 Å². The Hall–Kier alpha value is -0.460. The Kier molecular flexibility index (Phi) is 4.96. The van der Waals surface area contributed by atoms with Crippen molar-refractivity contribution in [2.24, 2.45) is 0 Å². The topological polar surface area (TPSA) is 24.9 Å². The molecule has 21 heavy (non-hydrogen) atoms. The summed E-state index contributed by atoms with van der Waals surface area (Å²) in [6.45, 7) is 11.8. The first-order chi connectivity index (χ1) is 10.2. The number of hydrogen-bond donors (Lipinski definition) is 0. The van der Waals surface area contributed by atoms with Gasteiger partial charge in [0.25, 0.3) is 0 Å². The van der Waals surface area contributed by atoms with Crippen molar-refractivity contribution in [2.75, 3.05) is 46.0 Å². The Morgan fingerprint density at radius 1 is 1.29 bits per heavy atom. The molecule has 0 amide bonds. The number of thiophene rings is 1.